The number of hydrogen-bond acceptors (Lipinski definition) is 4. The van der Waals surface area contributed by atoms with E-state index in [4.69, 9.17) is 5.73 Å². The summed E-state index contributed by atoms with van der Waals surface area (Å²) in [6.45, 7) is 6.15. The van der Waals surface area contributed by atoms with Gasteiger partial charge < -0.3 is 16.0 Å². The normalized spacial score (nSPS) is 28.0. The number of nitrogens with two attached hydrogens (primary N) is 1. The third-order valence-corrected chi connectivity index (χ3v) is 8.49. The molecule has 2 aliphatic heterocycles. The van der Waals surface area contributed by atoms with Gasteiger partial charge in [-0.15, -0.1) is 11.8 Å². The lowest BCUT2D eigenvalue weighted by atomic mass is 9.77. The number of rotatable bonds is 4. The summed E-state index contributed by atoms with van der Waals surface area (Å²) in [6, 6.07) is 13.2. The van der Waals surface area contributed by atoms with E-state index in [0.29, 0.717) is 17.4 Å². The first-order valence-electron chi connectivity index (χ1n) is 11.0. The van der Waals surface area contributed by atoms with Gasteiger partial charge in [0.05, 0.1) is 11.5 Å². The molecule has 0 radical (unpaired) electrons. The second-order valence-corrected chi connectivity index (χ2v) is 10.5. The van der Waals surface area contributed by atoms with Crippen LogP contribution in [-0.2, 0) is 4.79 Å². The van der Waals surface area contributed by atoms with Gasteiger partial charge in [-0.1, -0.05) is 36.9 Å². The lowest BCUT2D eigenvalue weighted by molar-refractivity contribution is -0.133. The van der Waals surface area contributed by atoms with Gasteiger partial charge in [-0.25, -0.2) is 4.39 Å². The highest BCUT2D eigenvalue weighted by atomic mass is 32.2. The monoisotopic (exact) mass is 449 g/mol. The van der Waals surface area contributed by atoms with Gasteiger partial charge in [0.2, 0.25) is 5.91 Å². The zero-order chi connectivity index (χ0) is 22.6. The molecular weight excluding hydrogens is 421 g/mol. The van der Waals surface area contributed by atoms with Crippen LogP contribution < -0.4 is 11.1 Å². The molecule has 2 heterocycles. The number of nitrogens with one attached hydrogen (secondary N) is 1. The van der Waals surface area contributed by atoms with Crippen LogP contribution in [0.15, 0.2) is 65.8 Å². The van der Waals surface area contributed by atoms with Crippen LogP contribution in [0.2, 0.25) is 0 Å². The van der Waals surface area contributed by atoms with Crippen molar-refractivity contribution in [2.24, 2.45) is 0 Å². The number of carbonyl (C=O) groups excluding carboxylic acids is 1. The minimum atomic E-state index is -0.639. The highest BCUT2D eigenvalue weighted by Gasteiger charge is 2.50. The van der Waals surface area contributed by atoms with Crippen LogP contribution in [0.5, 0.6) is 0 Å². The summed E-state index contributed by atoms with van der Waals surface area (Å²) in [5.74, 6) is 0.570. The summed E-state index contributed by atoms with van der Waals surface area (Å²) in [5, 5.41) is 3.59. The third-order valence-electron chi connectivity index (χ3n) is 6.89. The van der Waals surface area contributed by atoms with Crippen molar-refractivity contribution >= 4 is 23.4 Å². The zero-order valence-electron chi connectivity index (χ0n) is 18.4. The standard InChI is InChI=1S/C26H28FN3OS/c1-15-29-26(2,23-11-10-22(32-23)19-12-20(27)14-21(28)13-19)24(25(31)30(15)3)18-8-6-17(7-9-18)16-4-5-16/h6-9,11-14,16,22,24,29H,1,4-5,10,28H2,2-3H3/t22?,24-,26-/m1/s1. The van der Waals surface area contributed by atoms with E-state index in [-0.39, 0.29) is 22.9 Å². The fraction of sp³-hybridized carbons (Fsp3) is 0.346. The van der Waals surface area contributed by atoms with Gasteiger partial charge in [0.25, 0.3) is 0 Å². The second kappa shape index (κ2) is 7.69. The minimum absolute atomic E-state index is 0.0235. The molecule has 1 saturated heterocycles. The molecule has 0 spiro atoms. The van der Waals surface area contributed by atoms with Crippen molar-refractivity contribution in [3.63, 3.8) is 0 Å². The van der Waals surface area contributed by atoms with Gasteiger partial charge in [-0.2, -0.15) is 0 Å². The lowest BCUT2D eigenvalue weighted by Crippen LogP contribution is -2.60. The van der Waals surface area contributed by atoms with Crippen LogP contribution in [0.3, 0.4) is 0 Å². The topological polar surface area (TPSA) is 58.4 Å². The lowest BCUT2D eigenvalue weighted by Gasteiger charge is -2.47. The summed E-state index contributed by atoms with van der Waals surface area (Å²) in [7, 11) is 1.76. The average Bonchev–Trinajstić information content (AvgIpc) is 3.47. The van der Waals surface area contributed by atoms with E-state index in [1.165, 1.54) is 24.5 Å². The average molecular weight is 450 g/mol. The molecule has 1 aliphatic carbocycles. The number of nitrogen functional groups attached to an aromatic ring is 1. The predicted octanol–water partition coefficient (Wildman–Crippen LogP) is 5.42. The smallest absolute Gasteiger partial charge is 0.238 e. The largest absolute Gasteiger partial charge is 0.399 e. The van der Waals surface area contributed by atoms with Gasteiger partial charge in [-0.05, 0) is 67.0 Å². The summed E-state index contributed by atoms with van der Waals surface area (Å²) >= 11 is 1.67. The Balaban J connectivity index is 1.48. The molecule has 6 heteroatoms. The number of hydrogen-bond donors (Lipinski definition) is 2. The third kappa shape index (κ3) is 3.60. The highest BCUT2D eigenvalue weighted by molar-refractivity contribution is 8.03. The summed E-state index contributed by atoms with van der Waals surface area (Å²) in [5.41, 5.74) is 8.87. The van der Waals surface area contributed by atoms with Crippen LogP contribution in [-0.4, -0.2) is 23.4 Å². The first-order valence-corrected chi connectivity index (χ1v) is 11.9. The van der Waals surface area contributed by atoms with Crippen LogP contribution in [0.1, 0.15) is 60.0 Å². The molecule has 2 aromatic carbocycles. The van der Waals surface area contributed by atoms with Crippen LogP contribution >= 0.6 is 11.8 Å². The Morgan fingerprint density at radius 2 is 1.84 bits per heavy atom. The van der Waals surface area contributed by atoms with Crippen LogP contribution in [0.4, 0.5) is 10.1 Å². The first-order chi connectivity index (χ1) is 15.3. The van der Waals surface area contributed by atoms with Crippen molar-refractivity contribution in [3.05, 3.63) is 88.4 Å². The quantitative estimate of drug-likeness (QED) is 0.612. The van der Waals surface area contributed by atoms with Gasteiger partial charge in [-0.3, -0.25) is 4.79 Å². The number of nitrogens with zero attached hydrogens (tertiary/aromatic N) is 1. The number of amides is 1. The number of allylic oxidation sites excluding steroid dienone is 1. The molecule has 4 nitrogen and oxygen atoms in total. The molecule has 1 amide bonds. The Kier molecular flexibility index (Phi) is 5.08. The van der Waals surface area contributed by atoms with Gasteiger partial charge >= 0.3 is 0 Å². The first kappa shape index (κ1) is 21.1. The van der Waals surface area contributed by atoms with E-state index < -0.39 is 5.54 Å². The maximum atomic E-state index is 14.0. The van der Waals surface area contributed by atoms with Gasteiger partial charge in [0.1, 0.15) is 11.6 Å². The maximum absolute atomic E-state index is 14.0. The number of halogens is 1. The summed E-state index contributed by atoms with van der Waals surface area (Å²) in [4.78, 5) is 16.2. The molecule has 5 rings (SSSR count). The summed E-state index contributed by atoms with van der Waals surface area (Å²) < 4.78 is 14.0. The molecule has 2 aromatic rings. The number of carbonyl (C=O) groups is 1. The molecule has 0 bridgehead atoms. The Morgan fingerprint density at radius 3 is 2.50 bits per heavy atom. The van der Waals surface area contributed by atoms with Crippen molar-refractivity contribution in [2.45, 2.75) is 48.8 Å². The molecule has 3 aliphatic rings. The second-order valence-electron chi connectivity index (χ2n) is 9.27. The number of likely N-dealkylation sites (N-methyl/N-ethyl adjacent to an activating group) is 1. The fourth-order valence-electron chi connectivity index (χ4n) is 4.91. The van der Waals surface area contributed by atoms with Crippen molar-refractivity contribution < 1.29 is 9.18 Å². The summed E-state index contributed by atoms with van der Waals surface area (Å²) in [6.07, 6.45) is 5.42. The molecule has 32 heavy (non-hydrogen) atoms. The molecule has 166 valence electrons. The molecule has 3 atom stereocenters. The Labute approximate surface area is 192 Å². The van der Waals surface area contributed by atoms with Crippen LogP contribution in [0, 0.1) is 5.82 Å². The van der Waals surface area contributed by atoms with E-state index in [1.54, 1.807) is 29.8 Å². The van der Waals surface area contributed by atoms with Gasteiger partial charge in [0.15, 0.2) is 0 Å². The zero-order valence-corrected chi connectivity index (χ0v) is 19.2. The molecule has 3 N–H and O–H groups in total. The molecule has 2 fully saturated rings. The number of anilines is 1. The SMILES string of the molecule is C=C1N[C@](C)(C2=CCC(c3cc(N)cc(F)c3)S2)[C@H](c2ccc(C3CC3)cc2)C(=O)N1C. The van der Waals surface area contributed by atoms with Crippen molar-refractivity contribution in [1.82, 2.24) is 10.2 Å². The Bertz CT molecular complexity index is 1100. The molecule has 0 aromatic heterocycles. The van der Waals surface area contributed by atoms with E-state index in [9.17, 15) is 9.18 Å². The predicted molar refractivity (Wildman–Crippen MR) is 128 cm³/mol. The Morgan fingerprint density at radius 1 is 1.16 bits per heavy atom. The molecule has 1 saturated carbocycles. The Hall–Kier alpha value is -2.73. The van der Waals surface area contributed by atoms with Crippen molar-refractivity contribution in [3.8, 4) is 0 Å². The van der Waals surface area contributed by atoms with E-state index in [0.717, 1.165) is 22.5 Å². The molecular formula is C26H28FN3OS. The number of benzene rings is 2. The maximum Gasteiger partial charge on any atom is 0.238 e. The van der Waals surface area contributed by atoms with E-state index >= 15 is 0 Å². The van der Waals surface area contributed by atoms with Crippen molar-refractivity contribution in [2.75, 3.05) is 12.8 Å². The van der Waals surface area contributed by atoms with Crippen LogP contribution in [0.25, 0.3) is 0 Å². The van der Waals surface area contributed by atoms with E-state index in [1.807, 2.05) is 6.07 Å². The minimum Gasteiger partial charge on any atom is -0.399 e. The number of thioether (sulfide) groups is 1. The fourth-order valence-corrected chi connectivity index (χ4v) is 6.29. The van der Waals surface area contributed by atoms with Gasteiger partial charge in [0, 0.05) is 22.9 Å². The molecule has 1 unspecified atom stereocenters. The van der Waals surface area contributed by atoms with E-state index in [2.05, 4.69) is 49.2 Å². The highest BCUT2D eigenvalue weighted by Crippen LogP contribution is 2.53. The van der Waals surface area contributed by atoms with Crippen molar-refractivity contribution in [1.29, 1.82) is 0 Å².